The lowest BCUT2D eigenvalue weighted by molar-refractivity contribution is -0.124. The number of hydrogen-bond acceptors (Lipinski definition) is 4. The maximum atomic E-state index is 12.9. The molecule has 1 aromatic rings. The van der Waals surface area contributed by atoms with Gasteiger partial charge in [-0.1, -0.05) is 19.4 Å². The van der Waals surface area contributed by atoms with Crippen LogP contribution in [-0.4, -0.2) is 56.2 Å². The third-order valence-corrected chi connectivity index (χ3v) is 5.10. The van der Waals surface area contributed by atoms with Crippen LogP contribution in [0, 0.1) is 5.92 Å². The molecule has 2 unspecified atom stereocenters. The summed E-state index contributed by atoms with van der Waals surface area (Å²) >= 11 is 0. The van der Waals surface area contributed by atoms with Gasteiger partial charge in [0.2, 0.25) is 5.91 Å². The minimum Gasteiger partial charge on any atom is -0.497 e. The van der Waals surface area contributed by atoms with Crippen LogP contribution in [0.15, 0.2) is 18.2 Å². The van der Waals surface area contributed by atoms with Crippen LogP contribution >= 0.6 is 0 Å². The van der Waals surface area contributed by atoms with Gasteiger partial charge in [0.25, 0.3) is 0 Å². The SMILES string of the molecule is CCCCNC(=O)C1CN(C(=O)NC(C)(C)C)CC1c1ccc(OC)cc1OC. The summed E-state index contributed by atoms with van der Waals surface area (Å²) in [5, 5.41) is 6.03. The highest BCUT2D eigenvalue weighted by atomic mass is 16.5. The predicted molar refractivity (Wildman–Crippen MR) is 114 cm³/mol. The van der Waals surface area contributed by atoms with Gasteiger partial charge in [0.05, 0.1) is 20.1 Å². The fraction of sp³-hybridized carbons (Fsp3) is 0.636. The van der Waals surface area contributed by atoms with E-state index in [-0.39, 0.29) is 29.3 Å². The van der Waals surface area contributed by atoms with E-state index >= 15 is 0 Å². The monoisotopic (exact) mass is 405 g/mol. The fourth-order valence-corrected chi connectivity index (χ4v) is 3.59. The quantitative estimate of drug-likeness (QED) is 0.683. The molecule has 7 nitrogen and oxygen atoms in total. The Morgan fingerprint density at radius 3 is 2.48 bits per heavy atom. The molecule has 2 N–H and O–H groups in total. The fourth-order valence-electron chi connectivity index (χ4n) is 3.59. The average Bonchev–Trinajstić information content (AvgIpc) is 3.11. The number of nitrogens with zero attached hydrogens (tertiary/aromatic N) is 1. The number of amides is 3. The van der Waals surface area contributed by atoms with Crippen molar-refractivity contribution < 1.29 is 19.1 Å². The smallest absolute Gasteiger partial charge is 0.317 e. The molecule has 0 bridgehead atoms. The van der Waals surface area contributed by atoms with E-state index in [1.54, 1.807) is 19.1 Å². The number of methoxy groups -OCH3 is 2. The van der Waals surface area contributed by atoms with E-state index in [9.17, 15) is 9.59 Å². The summed E-state index contributed by atoms with van der Waals surface area (Å²) in [6, 6.07) is 5.46. The first-order valence-electron chi connectivity index (χ1n) is 10.3. The van der Waals surface area contributed by atoms with Crippen molar-refractivity contribution in [3.8, 4) is 11.5 Å². The van der Waals surface area contributed by atoms with Crippen LogP contribution in [0.1, 0.15) is 52.0 Å². The van der Waals surface area contributed by atoms with Gasteiger partial charge in [-0.15, -0.1) is 0 Å². The molecule has 0 aromatic heterocycles. The zero-order valence-electron chi connectivity index (χ0n) is 18.5. The first kappa shape index (κ1) is 22.8. The zero-order valence-corrected chi connectivity index (χ0v) is 18.5. The highest BCUT2D eigenvalue weighted by Gasteiger charge is 2.42. The van der Waals surface area contributed by atoms with Crippen LogP contribution in [-0.2, 0) is 4.79 Å². The van der Waals surface area contributed by atoms with Crippen molar-refractivity contribution in [2.75, 3.05) is 33.9 Å². The number of carbonyl (C=O) groups is 2. The topological polar surface area (TPSA) is 79.9 Å². The Morgan fingerprint density at radius 1 is 1.17 bits per heavy atom. The van der Waals surface area contributed by atoms with E-state index in [0.29, 0.717) is 31.1 Å². The van der Waals surface area contributed by atoms with Crippen LogP contribution in [0.3, 0.4) is 0 Å². The zero-order chi connectivity index (χ0) is 21.6. The summed E-state index contributed by atoms with van der Waals surface area (Å²) in [4.78, 5) is 27.4. The molecule has 0 spiro atoms. The normalized spacial score (nSPS) is 19.0. The summed E-state index contributed by atoms with van der Waals surface area (Å²) in [6.45, 7) is 9.40. The van der Waals surface area contributed by atoms with Gasteiger partial charge in [-0.05, 0) is 33.3 Å². The second kappa shape index (κ2) is 9.85. The second-order valence-corrected chi connectivity index (χ2v) is 8.55. The largest absolute Gasteiger partial charge is 0.497 e. The highest BCUT2D eigenvalue weighted by Crippen LogP contribution is 2.39. The molecule has 0 saturated carbocycles. The Balaban J connectivity index is 2.30. The van der Waals surface area contributed by atoms with Gasteiger partial charge in [0.1, 0.15) is 11.5 Å². The number of carbonyl (C=O) groups excluding carboxylic acids is 2. The van der Waals surface area contributed by atoms with E-state index in [2.05, 4.69) is 17.6 Å². The number of benzene rings is 1. The molecule has 1 heterocycles. The molecule has 1 aromatic carbocycles. The highest BCUT2D eigenvalue weighted by molar-refractivity contribution is 5.83. The number of ether oxygens (including phenoxy) is 2. The summed E-state index contributed by atoms with van der Waals surface area (Å²) in [6.07, 6.45) is 1.95. The maximum Gasteiger partial charge on any atom is 0.317 e. The van der Waals surface area contributed by atoms with Gasteiger partial charge in [-0.3, -0.25) is 4.79 Å². The van der Waals surface area contributed by atoms with Gasteiger partial charge < -0.3 is 25.0 Å². The van der Waals surface area contributed by atoms with Crippen molar-refractivity contribution in [2.45, 2.75) is 52.0 Å². The van der Waals surface area contributed by atoms with Crippen molar-refractivity contribution in [1.29, 1.82) is 0 Å². The average molecular weight is 406 g/mol. The van der Waals surface area contributed by atoms with Crippen molar-refractivity contribution in [3.05, 3.63) is 23.8 Å². The number of hydrogen-bond donors (Lipinski definition) is 2. The van der Waals surface area contributed by atoms with Gasteiger partial charge in [-0.25, -0.2) is 4.79 Å². The first-order valence-corrected chi connectivity index (χ1v) is 10.3. The lowest BCUT2D eigenvalue weighted by Crippen LogP contribution is -2.48. The Kier molecular flexibility index (Phi) is 7.76. The number of likely N-dealkylation sites (tertiary alicyclic amines) is 1. The van der Waals surface area contributed by atoms with Gasteiger partial charge >= 0.3 is 6.03 Å². The summed E-state index contributed by atoms with van der Waals surface area (Å²) < 4.78 is 10.9. The van der Waals surface area contributed by atoms with Crippen LogP contribution in [0.5, 0.6) is 11.5 Å². The van der Waals surface area contributed by atoms with Crippen LogP contribution < -0.4 is 20.1 Å². The second-order valence-electron chi connectivity index (χ2n) is 8.55. The molecule has 0 radical (unpaired) electrons. The predicted octanol–water partition coefficient (Wildman–Crippen LogP) is 3.14. The molecule has 2 atom stereocenters. The minimum atomic E-state index is -0.341. The summed E-state index contributed by atoms with van der Waals surface area (Å²) in [5.41, 5.74) is 0.571. The third-order valence-electron chi connectivity index (χ3n) is 5.10. The molecule has 7 heteroatoms. The van der Waals surface area contributed by atoms with Gasteiger partial charge in [0.15, 0.2) is 0 Å². The molecule has 1 aliphatic rings. The molecule has 1 saturated heterocycles. The van der Waals surface area contributed by atoms with E-state index in [0.717, 1.165) is 18.4 Å². The molecule has 0 aliphatic carbocycles. The van der Waals surface area contributed by atoms with Crippen molar-refractivity contribution >= 4 is 11.9 Å². The van der Waals surface area contributed by atoms with Crippen LogP contribution in [0.4, 0.5) is 4.79 Å². The van der Waals surface area contributed by atoms with E-state index in [1.165, 1.54) is 0 Å². The van der Waals surface area contributed by atoms with Crippen molar-refractivity contribution in [1.82, 2.24) is 15.5 Å². The lowest BCUT2D eigenvalue weighted by atomic mass is 9.87. The lowest BCUT2D eigenvalue weighted by Gasteiger charge is -2.25. The Bertz CT molecular complexity index is 714. The number of nitrogens with one attached hydrogen (secondary N) is 2. The molecular formula is C22H35N3O4. The molecule has 2 rings (SSSR count). The minimum absolute atomic E-state index is 0.0209. The van der Waals surface area contributed by atoms with Crippen molar-refractivity contribution in [2.24, 2.45) is 5.92 Å². The van der Waals surface area contributed by atoms with Gasteiger partial charge in [0, 0.05) is 42.7 Å². The molecule has 162 valence electrons. The Labute approximate surface area is 174 Å². The van der Waals surface area contributed by atoms with Crippen LogP contribution in [0.2, 0.25) is 0 Å². The first-order chi connectivity index (χ1) is 13.7. The molecule has 29 heavy (non-hydrogen) atoms. The molecular weight excluding hydrogens is 370 g/mol. The summed E-state index contributed by atoms with van der Waals surface area (Å²) in [5.74, 6) is 0.851. The maximum absolute atomic E-state index is 12.9. The number of urea groups is 1. The molecule has 1 fully saturated rings. The van der Waals surface area contributed by atoms with E-state index in [4.69, 9.17) is 9.47 Å². The van der Waals surface area contributed by atoms with E-state index in [1.807, 2.05) is 39.0 Å². The number of rotatable bonds is 7. The van der Waals surface area contributed by atoms with Crippen molar-refractivity contribution in [3.63, 3.8) is 0 Å². The molecule has 3 amide bonds. The van der Waals surface area contributed by atoms with Gasteiger partial charge in [-0.2, -0.15) is 0 Å². The standard InChI is InChI=1S/C22H35N3O4/c1-7-8-11-23-20(26)18-14-25(21(27)24-22(2,3)4)13-17(18)16-10-9-15(28-5)12-19(16)29-6/h9-10,12,17-18H,7-8,11,13-14H2,1-6H3,(H,23,26)(H,24,27). The van der Waals surface area contributed by atoms with E-state index < -0.39 is 0 Å². The third kappa shape index (κ3) is 6.02. The Hall–Kier alpha value is -2.44. The number of unbranched alkanes of at least 4 members (excludes halogenated alkanes) is 1. The molecule has 1 aliphatic heterocycles. The van der Waals surface area contributed by atoms with Crippen LogP contribution in [0.25, 0.3) is 0 Å². The Morgan fingerprint density at radius 2 is 1.90 bits per heavy atom. The summed E-state index contributed by atoms with van der Waals surface area (Å²) in [7, 11) is 3.21.